The predicted octanol–water partition coefficient (Wildman–Crippen LogP) is 3.48. The number of hydrogen-bond donors (Lipinski definition) is 1. The molecule has 0 aromatic heterocycles. The molecular weight excluding hydrogens is 372 g/mol. The van der Waals surface area contributed by atoms with Crippen molar-refractivity contribution in [1.82, 2.24) is 0 Å². The molecule has 0 fully saturated rings. The third kappa shape index (κ3) is 4.19. The molecule has 1 heterocycles. The fraction of sp³-hybridized carbons (Fsp3) is 0.316. The third-order valence-corrected chi connectivity index (χ3v) is 5.93. The van der Waals surface area contributed by atoms with Gasteiger partial charge in [-0.2, -0.15) is 0 Å². The van der Waals surface area contributed by atoms with Crippen molar-refractivity contribution in [1.29, 1.82) is 0 Å². The molecule has 3 rings (SSSR count). The lowest BCUT2D eigenvalue weighted by atomic mass is 10.0. The zero-order chi connectivity index (χ0) is 18.9. The van der Waals surface area contributed by atoms with Crippen molar-refractivity contribution in [2.24, 2.45) is 5.92 Å². The van der Waals surface area contributed by atoms with Crippen molar-refractivity contribution in [3.63, 3.8) is 0 Å². The molecule has 0 bridgehead atoms. The Hall–Kier alpha value is -2.05. The predicted molar refractivity (Wildman–Crippen MR) is 105 cm³/mol. The number of carbonyl (C=O) groups is 1. The summed E-state index contributed by atoms with van der Waals surface area (Å²) < 4.78 is 25.0. The average Bonchev–Trinajstić information content (AvgIpc) is 3.00. The molecule has 26 heavy (non-hydrogen) atoms. The lowest BCUT2D eigenvalue weighted by Crippen LogP contribution is -2.27. The van der Waals surface area contributed by atoms with E-state index in [-0.39, 0.29) is 11.8 Å². The first-order valence-electron chi connectivity index (χ1n) is 8.40. The van der Waals surface area contributed by atoms with E-state index in [1.807, 2.05) is 37.3 Å². The van der Waals surface area contributed by atoms with Crippen molar-refractivity contribution in [3.8, 4) is 0 Å². The Morgan fingerprint density at radius 3 is 2.58 bits per heavy atom. The number of hydrogen-bond acceptors (Lipinski definition) is 3. The van der Waals surface area contributed by atoms with E-state index < -0.39 is 10.0 Å². The molecule has 1 amide bonds. The van der Waals surface area contributed by atoms with Crippen molar-refractivity contribution in [2.45, 2.75) is 19.8 Å². The second-order valence-electron chi connectivity index (χ2n) is 6.65. The number of halogens is 1. The van der Waals surface area contributed by atoms with Gasteiger partial charge in [-0.05, 0) is 54.3 Å². The lowest BCUT2D eigenvalue weighted by molar-refractivity contribution is -0.119. The zero-order valence-electron chi connectivity index (χ0n) is 14.7. The molecule has 138 valence electrons. The van der Waals surface area contributed by atoms with Gasteiger partial charge in [-0.15, -0.1) is 0 Å². The first-order chi connectivity index (χ1) is 12.2. The highest BCUT2D eigenvalue weighted by Gasteiger charge is 2.26. The third-order valence-electron chi connectivity index (χ3n) is 4.50. The van der Waals surface area contributed by atoms with Crippen LogP contribution < -0.4 is 9.62 Å². The molecule has 1 N–H and O–H groups in total. The minimum Gasteiger partial charge on any atom is -0.326 e. The molecule has 0 aliphatic carbocycles. The van der Waals surface area contributed by atoms with Gasteiger partial charge in [0.15, 0.2) is 0 Å². The second-order valence-corrected chi connectivity index (χ2v) is 8.99. The van der Waals surface area contributed by atoms with Gasteiger partial charge in [0.05, 0.1) is 11.9 Å². The average molecular weight is 393 g/mol. The van der Waals surface area contributed by atoms with Gasteiger partial charge < -0.3 is 5.32 Å². The van der Waals surface area contributed by atoms with Crippen LogP contribution in [0.2, 0.25) is 5.02 Å². The van der Waals surface area contributed by atoms with Crippen LogP contribution in [0, 0.1) is 5.92 Å². The SMILES string of the molecule is CC(Cc1ccc(Cl)cc1)C(=O)Nc1ccc2c(c1)CCN2S(C)(=O)=O. The van der Waals surface area contributed by atoms with Crippen LogP contribution >= 0.6 is 11.6 Å². The van der Waals surface area contributed by atoms with Crippen LogP contribution in [0.1, 0.15) is 18.1 Å². The van der Waals surface area contributed by atoms with E-state index in [0.29, 0.717) is 35.8 Å². The Kier molecular flexibility index (Phi) is 5.25. The minimum absolute atomic E-state index is 0.0714. The molecule has 1 unspecified atom stereocenters. The fourth-order valence-electron chi connectivity index (χ4n) is 3.13. The number of amides is 1. The highest BCUT2D eigenvalue weighted by molar-refractivity contribution is 7.92. The standard InChI is InChI=1S/C19H21ClN2O3S/c1-13(11-14-3-5-16(20)6-4-14)19(23)21-17-7-8-18-15(12-17)9-10-22(18)26(2,24)25/h3-8,12-13H,9-11H2,1-2H3,(H,21,23). The summed E-state index contributed by atoms with van der Waals surface area (Å²) in [4.78, 5) is 12.5. The van der Waals surface area contributed by atoms with Crippen molar-refractivity contribution >= 4 is 38.9 Å². The Morgan fingerprint density at radius 2 is 1.92 bits per heavy atom. The molecular formula is C19H21ClN2O3S. The smallest absolute Gasteiger partial charge is 0.232 e. The van der Waals surface area contributed by atoms with E-state index in [4.69, 9.17) is 11.6 Å². The monoisotopic (exact) mass is 392 g/mol. The molecule has 0 radical (unpaired) electrons. The number of sulfonamides is 1. The number of nitrogens with one attached hydrogen (secondary N) is 1. The summed E-state index contributed by atoms with van der Waals surface area (Å²) in [5.74, 6) is -0.269. The fourth-order valence-corrected chi connectivity index (χ4v) is 4.21. The summed E-state index contributed by atoms with van der Waals surface area (Å²) in [6.45, 7) is 2.32. The van der Waals surface area contributed by atoms with Crippen LogP contribution in [0.15, 0.2) is 42.5 Å². The quantitative estimate of drug-likeness (QED) is 0.847. The first-order valence-corrected chi connectivity index (χ1v) is 10.6. The van der Waals surface area contributed by atoms with Crippen molar-refractivity contribution < 1.29 is 13.2 Å². The van der Waals surface area contributed by atoms with Crippen LogP contribution in [0.5, 0.6) is 0 Å². The van der Waals surface area contributed by atoms with Gasteiger partial charge in [0, 0.05) is 23.2 Å². The van der Waals surface area contributed by atoms with Gasteiger partial charge in [0.25, 0.3) is 0 Å². The molecule has 5 nitrogen and oxygen atoms in total. The van der Waals surface area contributed by atoms with Crippen LogP contribution in [-0.2, 0) is 27.7 Å². The Morgan fingerprint density at radius 1 is 1.23 bits per heavy atom. The molecule has 2 aromatic carbocycles. The molecule has 1 aliphatic rings. The van der Waals surface area contributed by atoms with Crippen LogP contribution in [0.4, 0.5) is 11.4 Å². The normalized spacial score (nSPS) is 14.8. The molecule has 1 aliphatic heterocycles. The van der Waals surface area contributed by atoms with Crippen molar-refractivity contribution in [2.75, 3.05) is 22.4 Å². The molecule has 2 aromatic rings. The highest BCUT2D eigenvalue weighted by atomic mass is 35.5. The van der Waals surface area contributed by atoms with E-state index in [1.54, 1.807) is 12.1 Å². The number of fused-ring (bicyclic) bond motifs is 1. The van der Waals surface area contributed by atoms with Crippen LogP contribution in [-0.4, -0.2) is 27.1 Å². The lowest BCUT2D eigenvalue weighted by Gasteiger charge is -2.17. The molecule has 0 spiro atoms. The van der Waals surface area contributed by atoms with Gasteiger partial charge in [-0.3, -0.25) is 9.10 Å². The molecule has 0 saturated carbocycles. The van der Waals surface area contributed by atoms with Crippen molar-refractivity contribution in [3.05, 3.63) is 58.6 Å². The first kappa shape index (κ1) is 18.7. The number of nitrogens with zero attached hydrogens (tertiary/aromatic N) is 1. The number of carbonyl (C=O) groups excluding carboxylic acids is 1. The summed E-state index contributed by atoms with van der Waals surface area (Å²) in [7, 11) is -3.27. The largest absolute Gasteiger partial charge is 0.326 e. The molecule has 1 atom stereocenters. The van der Waals surface area contributed by atoms with E-state index in [9.17, 15) is 13.2 Å². The van der Waals surface area contributed by atoms with E-state index in [2.05, 4.69) is 5.32 Å². The summed E-state index contributed by atoms with van der Waals surface area (Å²) in [6, 6.07) is 12.8. The maximum atomic E-state index is 12.5. The molecule has 0 saturated heterocycles. The summed E-state index contributed by atoms with van der Waals surface area (Å²) in [6.07, 6.45) is 2.47. The van der Waals surface area contributed by atoms with E-state index in [0.717, 1.165) is 11.1 Å². The summed E-state index contributed by atoms with van der Waals surface area (Å²) in [5, 5.41) is 3.60. The number of rotatable bonds is 5. The maximum absolute atomic E-state index is 12.5. The van der Waals surface area contributed by atoms with Crippen LogP contribution in [0.3, 0.4) is 0 Å². The van der Waals surface area contributed by atoms with Crippen LogP contribution in [0.25, 0.3) is 0 Å². The Bertz CT molecular complexity index is 926. The number of benzene rings is 2. The molecule has 7 heteroatoms. The topological polar surface area (TPSA) is 66.5 Å². The maximum Gasteiger partial charge on any atom is 0.232 e. The summed E-state index contributed by atoms with van der Waals surface area (Å²) >= 11 is 5.88. The van der Waals surface area contributed by atoms with Gasteiger partial charge in [-0.1, -0.05) is 30.7 Å². The second kappa shape index (κ2) is 7.29. The summed E-state index contributed by atoms with van der Waals surface area (Å²) in [5.41, 5.74) is 3.36. The van der Waals surface area contributed by atoms with Gasteiger partial charge in [-0.25, -0.2) is 8.42 Å². The number of anilines is 2. The zero-order valence-corrected chi connectivity index (χ0v) is 16.3. The minimum atomic E-state index is -3.27. The van der Waals surface area contributed by atoms with E-state index in [1.165, 1.54) is 10.6 Å². The van der Waals surface area contributed by atoms with Gasteiger partial charge in [0.2, 0.25) is 15.9 Å². The van der Waals surface area contributed by atoms with Gasteiger partial charge in [0.1, 0.15) is 0 Å². The Balaban J connectivity index is 1.67. The van der Waals surface area contributed by atoms with E-state index >= 15 is 0 Å². The Labute approximate surface area is 159 Å². The highest BCUT2D eigenvalue weighted by Crippen LogP contribution is 2.32. The van der Waals surface area contributed by atoms with Gasteiger partial charge >= 0.3 is 0 Å².